The highest BCUT2D eigenvalue weighted by Gasteiger charge is 2.26. The summed E-state index contributed by atoms with van der Waals surface area (Å²) >= 11 is 0. The Morgan fingerprint density at radius 2 is 2.08 bits per heavy atom. The molecule has 1 unspecified atom stereocenters. The lowest BCUT2D eigenvalue weighted by Crippen LogP contribution is -2.36. The van der Waals surface area contributed by atoms with Crippen molar-refractivity contribution < 1.29 is 9.53 Å². The minimum atomic E-state index is 0.113. The molecule has 6 heteroatoms. The van der Waals surface area contributed by atoms with Crippen LogP contribution in [0.3, 0.4) is 0 Å². The average molecular weight is 354 g/mol. The van der Waals surface area contributed by atoms with Crippen LogP contribution in [0.25, 0.3) is 0 Å². The quantitative estimate of drug-likeness (QED) is 0.799. The fourth-order valence-electron chi connectivity index (χ4n) is 3.68. The average Bonchev–Trinajstić information content (AvgIpc) is 2.96. The predicted molar refractivity (Wildman–Crippen MR) is 97.2 cm³/mol. The van der Waals surface area contributed by atoms with Gasteiger partial charge in [0.2, 0.25) is 5.91 Å². The van der Waals surface area contributed by atoms with Gasteiger partial charge in [-0.1, -0.05) is 12.5 Å². The number of nitrogens with zero attached hydrogens (tertiary/aromatic N) is 4. The minimum Gasteiger partial charge on any atom is -0.381 e. The van der Waals surface area contributed by atoms with Crippen LogP contribution in [-0.4, -0.2) is 45.1 Å². The van der Waals surface area contributed by atoms with E-state index in [1.54, 1.807) is 6.20 Å². The van der Waals surface area contributed by atoms with Crippen molar-refractivity contribution in [2.75, 3.05) is 19.8 Å². The molecule has 1 aliphatic heterocycles. The third-order valence-corrected chi connectivity index (χ3v) is 5.43. The molecule has 0 bridgehead atoms. The molecular weight excluding hydrogens is 328 g/mol. The lowest BCUT2D eigenvalue weighted by atomic mass is 9.86. The van der Waals surface area contributed by atoms with E-state index in [0.717, 1.165) is 37.0 Å². The van der Waals surface area contributed by atoms with Crippen molar-refractivity contribution in [3.63, 3.8) is 0 Å². The highest BCUT2D eigenvalue weighted by atomic mass is 16.5. The molecule has 0 radical (unpaired) electrons. The highest BCUT2D eigenvalue weighted by Crippen LogP contribution is 2.26. The molecule has 3 heterocycles. The third-order valence-electron chi connectivity index (χ3n) is 5.43. The van der Waals surface area contributed by atoms with Crippen LogP contribution in [-0.2, 0) is 29.0 Å². The largest absolute Gasteiger partial charge is 0.381 e. The number of rotatable bonds is 6. The third kappa shape index (κ3) is 4.12. The van der Waals surface area contributed by atoms with E-state index in [1.807, 2.05) is 35.6 Å². The second-order valence-corrected chi connectivity index (χ2v) is 7.51. The van der Waals surface area contributed by atoms with Gasteiger partial charge < -0.3 is 14.2 Å². The summed E-state index contributed by atoms with van der Waals surface area (Å²) in [7, 11) is 0. The maximum Gasteiger partial charge on any atom is 0.228 e. The number of carbonyl (C=O) groups is 1. The van der Waals surface area contributed by atoms with Gasteiger partial charge in [-0.05, 0) is 30.9 Å². The van der Waals surface area contributed by atoms with Crippen LogP contribution in [0.5, 0.6) is 0 Å². The van der Waals surface area contributed by atoms with Gasteiger partial charge >= 0.3 is 0 Å². The fourth-order valence-corrected chi connectivity index (χ4v) is 3.68. The number of aromatic nitrogens is 3. The van der Waals surface area contributed by atoms with Gasteiger partial charge in [0.1, 0.15) is 0 Å². The highest BCUT2D eigenvalue weighted by molar-refractivity contribution is 5.78. The van der Waals surface area contributed by atoms with E-state index in [1.165, 1.54) is 19.3 Å². The zero-order valence-electron chi connectivity index (χ0n) is 15.1. The first-order chi connectivity index (χ1) is 12.8. The Bertz CT molecular complexity index is 726. The van der Waals surface area contributed by atoms with E-state index in [9.17, 15) is 4.79 Å². The molecule has 0 N–H and O–H groups in total. The summed E-state index contributed by atoms with van der Waals surface area (Å²) in [6.07, 6.45) is 9.73. The van der Waals surface area contributed by atoms with Crippen LogP contribution in [0.1, 0.15) is 30.7 Å². The van der Waals surface area contributed by atoms with Crippen LogP contribution < -0.4 is 0 Å². The number of hydrogen-bond donors (Lipinski definition) is 0. The summed E-state index contributed by atoms with van der Waals surface area (Å²) in [5, 5.41) is 0. The Morgan fingerprint density at radius 3 is 2.85 bits per heavy atom. The van der Waals surface area contributed by atoms with Crippen molar-refractivity contribution >= 4 is 5.91 Å². The first kappa shape index (κ1) is 17.2. The molecule has 0 spiro atoms. The van der Waals surface area contributed by atoms with Gasteiger partial charge in [-0.15, -0.1) is 0 Å². The second kappa shape index (κ2) is 7.99. The van der Waals surface area contributed by atoms with E-state index >= 15 is 0 Å². The minimum absolute atomic E-state index is 0.113. The van der Waals surface area contributed by atoms with Crippen molar-refractivity contribution in [3.8, 4) is 0 Å². The lowest BCUT2D eigenvalue weighted by molar-refractivity contribution is -0.132. The first-order valence-electron chi connectivity index (χ1n) is 9.52. The monoisotopic (exact) mass is 354 g/mol. The molecule has 1 saturated carbocycles. The van der Waals surface area contributed by atoms with Crippen molar-refractivity contribution in [3.05, 3.63) is 48.3 Å². The molecule has 6 nitrogen and oxygen atoms in total. The van der Waals surface area contributed by atoms with E-state index < -0.39 is 0 Å². The molecule has 1 fully saturated rings. The van der Waals surface area contributed by atoms with Crippen LogP contribution in [0, 0.1) is 11.8 Å². The van der Waals surface area contributed by atoms with Crippen LogP contribution >= 0.6 is 0 Å². The summed E-state index contributed by atoms with van der Waals surface area (Å²) in [5.41, 5.74) is 1.90. The number of ether oxygens (including phenoxy) is 1. The SMILES string of the molecule is O=C(Cc1ccccn1)N1Cc2cncn2CC(COCC2CCC2)C1. The summed E-state index contributed by atoms with van der Waals surface area (Å²) in [5.74, 6) is 1.15. The van der Waals surface area contributed by atoms with E-state index in [-0.39, 0.29) is 5.91 Å². The molecule has 2 aliphatic rings. The summed E-state index contributed by atoms with van der Waals surface area (Å²) in [4.78, 5) is 23.3. The fraction of sp³-hybridized carbons (Fsp3) is 0.550. The van der Waals surface area contributed by atoms with Crippen LogP contribution in [0.2, 0.25) is 0 Å². The number of fused-ring (bicyclic) bond motifs is 1. The normalized spacial score (nSPS) is 20.3. The molecule has 1 atom stereocenters. The van der Waals surface area contributed by atoms with E-state index in [0.29, 0.717) is 25.5 Å². The van der Waals surface area contributed by atoms with E-state index in [4.69, 9.17) is 4.74 Å². The summed E-state index contributed by atoms with van der Waals surface area (Å²) < 4.78 is 8.14. The lowest BCUT2D eigenvalue weighted by Gasteiger charge is -2.27. The number of imidazole rings is 1. The Balaban J connectivity index is 1.40. The van der Waals surface area contributed by atoms with Crippen molar-refractivity contribution in [1.29, 1.82) is 0 Å². The first-order valence-corrected chi connectivity index (χ1v) is 9.52. The van der Waals surface area contributed by atoms with Crippen molar-refractivity contribution in [2.45, 2.75) is 38.8 Å². The molecule has 4 rings (SSSR count). The molecule has 26 heavy (non-hydrogen) atoms. The van der Waals surface area contributed by atoms with E-state index in [2.05, 4.69) is 14.5 Å². The summed E-state index contributed by atoms with van der Waals surface area (Å²) in [6, 6.07) is 5.69. The van der Waals surface area contributed by atoms with Gasteiger partial charge in [0.05, 0.1) is 31.6 Å². The van der Waals surface area contributed by atoms with Gasteiger partial charge in [-0.2, -0.15) is 0 Å². The smallest absolute Gasteiger partial charge is 0.228 e. The number of pyridine rings is 1. The second-order valence-electron chi connectivity index (χ2n) is 7.51. The Morgan fingerprint density at radius 1 is 1.19 bits per heavy atom. The molecule has 2 aromatic rings. The number of hydrogen-bond acceptors (Lipinski definition) is 4. The maximum atomic E-state index is 12.9. The molecule has 2 aromatic heterocycles. The molecule has 0 saturated heterocycles. The molecular formula is C20H26N4O2. The number of amides is 1. The van der Waals surface area contributed by atoms with Crippen LogP contribution in [0.15, 0.2) is 36.9 Å². The number of carbonyl (C=O) groups excluding carboxylic acids is 1. The summed E-state index contributed by atoms with van der Waals surface area (Å²) in [6.45, 7) is 3.73. The van der Waals surface area contributed by atoms with Gasteiger partial charge in [0.15, 0.2) is 0 Å². The molecule has 138 valence electrons. The van der Waals surface area contributed by atoms with Gasteiger partial charge in [-0.3, -0.25) is 9.78 Å². The predicted octanol–water partition coefficient (Wildman–Crippen LogP) is 2.30. The zero-order chi connectivity index (χ0) is 17.8. The van der Waals surface area contributed by atoms with Crippen molar-refractivity contribution in [2.24, 2.45) is 11.8 Å². The molecule has 1 amide bonds. The maximum absolute atomic E-state index is 12.9. The van der Waals surface area contributed by atoms with Gasteiger partial charge in [0, 0.05) is 43.7 Å². The Labute approximate surface area is 154 Å². The standard InChI is InChI=1S/C20H26N4O2/c25-20(8-18-6-1-2-7-22-18)23-10-17(14-26-13-16-4-3-5-16)11-24-15-21-9-19(24)12-23/h1-2,6-7,9,15-17H,3-5,8,10-14H2. The van der Waals surface area contributed by atoms with Gasteiger partial charge in [-0.25, -0.2) is 4.98 Å². The molecule has 0 aromatic carbocycles. The molecule has 1 aliphatic carbocycles. The van der Waals surface area contributed by atoms with Crippen molar-refractivity contribution in [1.82, 2.24) is 19.4 Å². The zero-order valence-corrected chi connectivity index (χ0v) is 15.1. The van der Waals surface area contributed by atoms with Gasteiger partial charge in [0.25, 0.3) is 0 Å². The Hall–Kier alpha value is -2.21. The van der Waals surface area contributed by atoms with Crippen LogP contribution in [0.4, 0.5) is 0 Å². The Kier molecular flexibility index (Phi) is 5.29. The topological polar surface area (TPSA) is 60.2 Å².